The lowest BCUT2D eigenvalue weighted by Crippen LogP contribution is -2.28. The third-order valence-corrected chi connectivity index (χ3v) is 3.96. The molecule has 0 amide bonds. The van der Waals surface area contributed by atoms with Gasteiger partial charge in [0.25, 0.3) is 0 Å². The summed E-state index contributed by atoms with van der Waals surface area (Å²) >= 11 is 0. The van der Waals surface area contributed by atoms with Gasteiger partial charge in [0.05, 0.1) is 5.69 Å². The van der Waals surface area contributed by atoms with E-state index >= 15 is 0 Å². The molecule has 1 atom stereocenters. The van der Waals surface area contributed by atoms with Crippen LogP contribution < -0.4 is 10.2 Å². The van der Waals surface area contributed by atoms with E-state index in [0.29, 0.717) is 6.04 Å². The van der Waals surface area contributed by atoms with Crippen molar-refractivity contribution in [1.82, 2.24) is 10.3 Å². The van der Waals surface area contributed by atoms with Gasteiger partial charge in [0.1, 0.15) is 5.82 Å². The maximum atomic E-state index is 4.89. The number of aromatic nitrogens is 1. The molecule has 3 rings (SSSR count). The predicted octanol–water partition coefficient (Wildman–Crippen LogP) is 2.94. The second kappa shape index (κ2) is 5.17. The Morgan fingerprint density at radius 1 is 1.37 bits per heavy atom. The first-order chi connectivity index (χ1) is 9.29. The Bertz CT molecular complexity index is 579. The van der Waals surface area contributed by atoms with Crippen LogP contribution >= 0.6 is 0 Å². The highest BCUT2D eigenvalue weighted by Crippen LogP contribution is 2.31. The Morgan fingerprint density at radius 2 is 2.21 bits per heavy atom. The zero-order chi connectivity index (χ0) is 13.2. The van der Waals surface area contributed by atoms with Gasteiger partial charge in [0.2, 0.25) is 0 Å². The van der Waals surface area contributed by atoms with Gasteiger partial charge in [0.15, 0.2) is 0 Å². The molecule has 1 aromatic carbocycles. The molecule has 0 bridgehead atoms. The number of hydrogen-bond acceptors (Lipinski definition) is 3. The Labute approximate surface area is 114 Å². The van der Waals surface area contributed by atoms with Crippen molar-refractivity contribution >= 4 is 16.6 Å². The zero-order valence-corrected chi connectivity index (χ0v) is 11.7. The lowest BCUT2D eigenvalue weighted by molar-refractivity contribution is 0.723. The maximum Gasteiger partial charge on any atom is 0.137 e. The Kier molecular flexibility index (Phi) is 3.38. The molecular formula is C16H21N3. The van der Waals surface area contributed by atoms with E-state index in [1.165, 1.54) is 23.6 Å². The lowest BCUT2D eigenvalue weighted by Gasteiger charge is -2.24. The van der Waals surface area contributed by atoms with E-state index in [0.717, 1.165) is 24.6 Å². The number of nitrogens with zero attached hydrogens (tertiary/aromatic N) is 2. The van der Waals surface area contributed by atoms with Crippen LogP contribution in [0.2, 0.25) is 0 Å². The first-order valence-electron chi connectivity index (χ1n) is 7.09. The quantitative estimate of drug-likeness (QED) is 0.914. The minimum atomic E-state index is 0.598. The highest BCUT2D eigenvalue weighted by atomic mass is 15.2. The van der Waals surface area contributed by atoms with Gasteiger partial charge in [-0.1, -0.05) is 24.3 Å². The molecule has 2 aromatic rings. The molecule has 1 N–H and O–H groups in total. The molecular weight excluding hydrogens is 234 g/mol. The highest BCUT2D eigenvalue weighted by molar-refractivity contribution is 5.92. The summed E-state index contributed by atoms with van der Waals surface area (Å²) < 4.78 is 0. The van der Waals surface area contributed by atoms with E-state index in [9.17, 15) is 0 Å². The van der Waals surface area contributed by atoms with Crippen molar-refractivity contribution in [3.63, 3.8) is 0 Å². The molecule has 1 saturated heterocycles. The fourth-order valence-electron chi connectivity index (χ4n) is 2.97. The average Bonchev–Trinajstić information content (AvgIpc) is 2.84. The molecule has 3 nitrogen and oxygen atoms in total. The third kappa shape index (κ3) is 2.30. The fourth-order valence-corrected chi connectivity index (χ4v) is 2.97. The van der Waals surface area contributed by atoms with Crippen molar-refractivity contribution in [2.45, 2.75) is 32.4 Å². The van der Waals surface area contributed by atoms with E-state index < -0.39 is 0 Å². The van der Waals surface area contributed by atoms with Crippen molar-refractivity contribution < 1.29 is 0 Å². The van der Waals surface area contributed by atoms with Crippen molar-refractivity contribution in [2.75, 3.05) is 18.5 Å². The summed E-state index contributed by atoms with van der Waals surface area (Å²) in [4.78, 5) is 7.35. The van der Waals surface area contributed by atoms with Crippen LogP contribution in [0.15, 0.2) is 30.3 Å². The van der Waals surface area contributed by atoms with Crippen LogP contribution in [0.3, 0.4) is 0 Å². The molecule has 0 saturated carbocycles. The van der Waals surface area contributed by atoms with Gasteiger partial charge in [0, 0.05) is 24.5 Å². The number of hydrogen-bond donors (Lipinski definition) is 1. The second-order valence-corrected chi connectivity index (χ2v) is 5.37. The summed E-state index contributed by atoms with van der Waals surface area (Å²) in [6, 6.07) is 11.4. The van der Waals surface area contributed by atoms with Crippen molar-refractivity contribution in [2.24, 2.45) is 0 Å². The first kappa shape index (κ1) is 12.4. The van der Waals surface area contributed by atoms with E-state index in [1.807, 2.05) is 7.05 Å². The molecule has 1 unspecified atom stereocenters. The average molecular weight is 255 g/mol. The molecule has 0 spiro atoms. The smallest absolute Gasteiger partial charge is 0.137 e. The Hall–Kier alpha value is -1.61. The van der Waals surface area contributed by atoms with Gasteiger partial charge >= 0.3 is 0 Å². The van der Waals surface area contributed by atoms with E-state index in [1.54, 1.807) is 0 Å². The van der Waals surface area contributed by atoms with E-state index in [4.69, 9.17) is 4.98 Å². The van der Waals surface area contributed by atoms with E-state index in [-0.39, 0.29) is 0 Å². The second-order valence-electron chi connectivity index (χ2n) is 5.37. The highest BCUT2D eigenvalue weighted by Gasteiger charge is 2.23. The topological polar surface area (TPSA) is 28.2 Å². The zero-order valence-electron chi connectivity index (χ0n) is 11.7. The van der Waals surface area contributed by atoms with Crippen molar-refractivity contribution in [3.8, 4) is 0 Å². The third-order valence-electron chi connectivity index (χ3n) is 3.96. The maximum absolute atomic E-state index is 4.89. The summed E-state index contributed by atoms with van der Waals surface area (Å²) in [6.45, 7) is 4.25. The largest absolute Gasteiger partial charge is 0.353 e. The summed E-state index contributed by atoms with van der Waals surface area (Å²) in [5.41, 5.74) is 1.12. The summed E-state index contributed by atoms with van der Waals surface area (Å²) in [7, 11) is 1.97. The molecule has 0 aliphatic carbocycles. The first-order valence-corrected chi connectivity index (χ1v) is 7.09. The van der Waals surface area contributed by atoms with Gasteiger partial charge < -0.3 is 10.2 Å². The summed E-state index contributed by atoms with van der Waals surface area (Å²) in [5.74, 6) is 1.16. The molecule has 1 aliphatic rings. The number of fused-ring (bicyclic) bond motifs is 1. The van der Waals surface area contributed by atoms with Crippen LogP contribution in [0.1, 0.15) is 25.5 Å². The van der Waals surface area contributed by atoms with Crippen LogP contribution in [-0.4, -0.2) is 24.6 Å². The number of anilines is 1. The Balaban J connectivity index is 2.14. The fraction of sp³-hybridized carbons (Fsp3) is 0.438. The Morgan fingerprint density at radius 3 is 2.95 bits per heavy atom. The lowest BCUT2D eigenvalue weighted by atomic mass is 10.1. The van der Waals surface area contributed by atoms with Crippen LogP contribution in [-0.2, 0) is 6.54 Å². The predicted molar refractivity (Wildman–Crippen MR) is 80.5 cm³/mol. The van der Waals surface area contributed by atoms with Gasteiger partial charge in [-0.15, -0.1) is 0 Å². The van der Waals surface area contributed by atoms with Gasteiger partial charge in [-0.25, -0.2) is 4.98 Å². The molecule has 1 aliphatic heterocycles. The van der Waals surface area contributed by atoms with Crippen molar-refractivity contribution in [1.29, 1.82) is 0 Å². The van der Waals surface area contributed by atoms with Crippen LogP contribution in [0.5, 0.6) is 0 Å². The monoisotopic (exact) mass is 255 g/mol. The van der Waals surface area contributed by atoms with Crippen LogP contribution in [0.25, 0.3) is 10.8 Å². The van der Waals surface area contributed by atoms with E-state index in [2.05, 4.69) is 47.5 Å². The van der Waals surface area contributed by atoms with Gasteiger partial charge in [-0.05, 0) is 38.3 Å². The number of rotatable bonds is 3. The SMILES string of the molecule is CNCc1cc2ccccc2c(N2CCCC2C)n1. The minimum absolute atomic E-state index is 0.598. The summed E-state index contributed by atoms with van der Waals surface area (Å²) in [6.07, 6.45) is 2.54. The number of benzene rings is 1. The van der Waals surface area contributed by atoms with Crippen LogP contribution in [0, 0.1) is 0 Å². The standard InChI is InChI=1S/C16H21N3/c1-12-6-5-9-19(12)16-15-8-4-3-7-13(15)10-14(18-16)11-17-2/h3-4,7-8,10,12,17H,5-6,9,11H2,1-2H3. The molecule has 2 heterocycles. The molecule has 1 fully saturated rings. The van der Waals surface area contributed by atoms with Gasteiger partial charge in [-0.3, -0.25) is 0 Å². The van der Waals surface area contributed by atoms with Crippen molar-refractivity contribution in [3.05, 3.63) is 36.0 Å². The minimum Gasteiger partial charge on any atom is -0.353 e. The molecule has 3 heteroatoms. The molecule has 100 valence electrons. The molecule has 0 radical (unpaired) electrons. The summed E-state index contributed by atoms with van der Waals surface area (Å²) in [5, 5.41) is 5.76. The van der Waals surface area contributed by atoms with Crippen LogP contribution in [0.4, 0.5) is 5.82 Å². The van der Waals surface area contributed by atoms with Gasteiger partial charge in [-0.2, -0.15) is 0 Å². The molecule has 19 heavy (non-hydrogen) atoms. The normalized spacial score (nSPS) is 19.3. The number of pyridine rings is 1. The molecule has 1 aromatic heterocycles. The number of nitrogens with one attached hydrogen (secondary N) is 1.